The van der Waals surface area contributed by atoms with E-state index in [1.165, 1.54) is 0 Å². The second kappa shape index (κ2) is 10.3. The fourth-order valence-electron chi connectivity index (χ4n) is 4.20. The van der Waals surface area contributed by atoms with E-state index in [-0.39, 0.29) is 12.1 Å². The van der Waals surface area contributed by atoms with Crippen LogP contribution in [0.15, 0.2) is 84.8 Å². The zero-order valence-electron chi connectivity index (χ0n) is 19.3. The number of hydrazine groups is 2. The topological polar surface area (TPSA) is 96.8 Å². The molecule has 0 unspecified atom stereocenters. The molecule has 0 bridgehead atoms. The van der Waals surface area contributed by atoms with Gasteiger partial charge in [-0.1, -0.05) is 65.7 Å². The molecule has 0 saturated carbocycles. The average Bonchev–Trinajstić information content (AvgIpc) is 3.43. The van der Waals surface area contributed by atoms with Crippen LogP contribution in [0.2, 0.25) is 10.0 Å². The predicted octanol–water partition coefficient (Wildman–Crippen LogP) is 6.19. The molecule has 180 valence electrons. The highest BCUT2D eigenvalue weighted by atomic mass is 35.5. The Morgan fingerprint density at radius 2 is 1.75 bits per heavy atom. The van der Waals surface area contributed by atoms with E-state index in [4.69, 9.17) is 23.2 Å². The zero-order chi connectivity index (χ0) is 25.1. The van der Waals surface area contributed by atoms with Gasteiger partial charge in [0.25, 0.3) is 0 Å². The van der Waals surface area contributed by atoms with E-state index in [0.717, 1.165) is 27.9 Å². The maximum absolute atomic E-state index is 9.84. The van der Waals surface area contributed by atoms with E-state index in [1.807, 2.05) is 72.9 Å². The minimum absolute atomic E-state index is 0.0360. The van der Waals surface area contributed by atoms with Crippen molar-refractivity contribution < 1.29 is 0 Å². The minimum atomic E-state index is -0.231. The molecule has 5 N–H and O–H groups in total. The third kappa shape index (κ3) is 4.88. The van der Waals surface area contributed by atoms with Gasteiger partial charge in [-0.15, -0.1) is 0 Å². The average molecular weight is 516 g/mol. The van der Waals surface area contributed by atoms with Gasteiger partial charge in [-0.3, -0.25) is 4.98 Å². The lowest BCUT2D eigenvalue weighted by Crippen LogP contribution is -2.33. The van der Waals surface area contributed by atoms with Crippen molar-refractivity contribution in [2.24, 2.45) is 0 Å². The van der Waals surface area contributed by atoms with E-state index in [1.54, 1.807) is 6.20 Å². The van der Waals surface area contributed by atoms with Crippen LogP contribution in [-0.2, 0) is 0 Å². The molecule has 9 heteroatoms. The number of rotatable bonds is 7. The minimum Gasteiger partial charge on any atom is -0.377 e. The summed E-state index contributed by atoms with van der Waals surface area (Å²) in [6.07, 6.45) is 3.40. The van der Waals surface area contributed by atoms with Crippen LogP contribution in [0.1, 0.15) is 35.7 Å². The van der Waals surface area contributed by atoms with Gasteiger partial charge in [-0.25, -0.2) is 0 Å². The van der Waals surface area contributed by atoms with Crippen LogP contribution in [0.3, 0.4) is 0 Å². The standard InChI is InChI=1S/C27H23Cl2N7/c1-16(17-5-3-2-4-6-17)33-25-19(13-30)14-31-27-22(25)11-21(12-23(27)29)34-26(24-15-32-36-35-24)18-7-9-20(28)10-8-18/h2-12,14-16,26,32,34-36H,1H3,(H,31,33)/t16-,26+/m1/s1. The molecular weight excluding hydrogens is 493 g/mol. The summed E-state index contributed by atoms with van der Waals surface area (Å²) >= 11 is 12.8. The first-order valence-electron chi connectivity index (χ1n) is 11.4. The second-order valence-electron chi connectivity index (χ2n) is 8.41. The number of nitrogens with zero attached hydrogens (tertiary/aromatic N) is 2. The number of fused-ring (bicyclic) bond motifs is 1. The van der Waals surface area contributed by atoms with Gasteiger partial charge in [0.05, 0.1) is 33.5 Å². The smallest absolute Gasteiger partial charge is 0.103 e. The Morgan fingerprint density at radius 3 is 2.44 bits per heavy atom. The summed E-state index contributed by atoms with van der Waals surface area (Å²) in [5, 5.41) is 18.8. The molecule has 2 heterocycles. The second-order valence-corrected chi connectivity index (χ2v) is 9.26. The Hall–Kier alpha value is -3.96. The Labute approximate surface area is 219 Å². The van der Waals surface area contributed by atoms with Gasteiger partial charge < -0.3 is 21.5 Å². The molecule has 0 spiro atoms. The van der Waals surface area contributed by atoms with Crippen LogP contribution in [0.4, 0.5) is 11.4 Å². The van der Waals surface area contributed by atoms with Gasteiger partial charge >= 0.3 is 0 Å². The van der Waals surface area contributed by atoms with Crippen molar-refractivity contribution in [3.63, 3.8) is 0 Å². The normalized spacial score (nSPS) is 14.2. The molecule has 2 atom stereocenters. The number of hydrogen-bond acceptors (Lipinski definition) is 7. The summed E-state index contributed by atoms with van der Waals surface area (Å²) in [6.45, 7) is 2.06. The van der Waals surface area contributed by atoms with Crippen molar-refractivity contribution >= 4 is 45.5 Å². The Kier molecular flexibility index (Phi) is 6.83. The quantitative estimate of drug-likeness (QED) is 0.200. The summed E-state index contributed by atoms with van der Waals surface area (Å²) in [4.78, 5) is 4.48. The SMILES string of the molecule is C[C@@H](Nc1c(C#N)cnc2c(Cl)cc(N[C@H](C3=CNNN3)c3ccc(Cl)cc3)cc12)c1ccccc1. The summed E-state index contributed by atoms with van der Waals surface area (Å²) in [7, 11) is 0. The van der Waals surface area contributed by atoms with Crippen LogP contribution >= 0.6 is 23.2 Å². The molecule has 36 heavy (non-hydrogen) atoms. The van der Waals surface area contributed by atoms with Crippen LogP contribution in [-0.4, -0.2) is 4.98 Å². The highest BCUT2D eigenvalue weighted by molar-refractivity contribution is 6.36. The lowest BCUT2D eigenvalue weighted by Gasteiger charge is -2.23. The van der Waals surface area contributed by atoms with E-state index in [9.17, 15) is 5.26 Å². The first-order chi connectivity index (χ1) is 17.5. The van der Waals surface area contributed by atoms with Crippen LogP contribution < -0.4 is 27.0 Å². The zero-order valence-corrected chi connectivity index (χ0v) is 20.8. The molecule has 0 saturated heterocycles. The largest absolute Gasteiger partial charge is 0.377 e. The molecule has 1 aliphatic rings. The number of benzene rings is 3. The van der Waals surface area contributed by atoms with E-state index >= 15 is 0 Å². The molecule has 3 aromatic carbocycles. The highest BCUT2D eigenvalue weighted by Gasteiger charge is 2.21. The Morgan fingerprint density at radius 1 is 0.972 bits per heavy atom. The highest BCUT2D eigenvalue weighted by Crippen LogP contribution is 2.37. The molecule has 0 aliphatic carbocycles. The lowest BCUT2D eigenvalue weighted by molar-refractivity contribution is 0.583. The summed E-state index contributed by atoms with van der Waals surface area (Å²) in [6, 6.07) is 23.5. The van der Waals surface area contributed by atoms with Gasteiger partial charge in [0.2, 0.25) is 0 Å². The van der Waals surface area contributed by atoms with Gasteiger partial charge in [0, 0.05) is 34.5 Å². The third-order valence-corrected chi connectivity index (χ3v) is 6.58. The van der Waals surface area contributed by atoms with Gasteiger partial charge in [0.1, 0.15) is 6.07 Å². The van der Waals surface area contributed by atoms with Crippen LogP contribution in [0.25, 0.3) is 10.9 Å². The number of nitrogens with one attached hydrogen (secondary N) is 5. The van der Waals surface area contributed by atoms with Crippen molar-refractivity contribution in [1.82, 2.24) is 21.4 Å². The number of anilines is 2. The van der Waals surface area contributed by atoms with Crippen LogP contribution in [0.5, 0.6) is 0 Å². The number of halogens is 2. The maximum atomic E-state index is 9.84. The molecular formula is C27H23Cl2N7. The van der Waals surface area contributed by atoms with E-state index in [2.05, 4.69) is 45.0 Å². The number of nitriles is 1. The molecule has 0 amide bonds. The van der Waals surface area contributed by atoms with Crippen molar-refractivity contribution in [3.8, 4) is 6.07 Å². The van der Waals surface area contributed by atoms with Gasteiger partial charge in [0.15, 0.2) is 0 Å². The molecule has 1 aliphatic heterocycles. The monoisotopic (exact) mass is 515 g/mol. The van der Waals surface area contributed by atoms with Crippen molar-refractivity contribution in [1.29, 1.82) is 5.26 Å². The Bertz CT molecular complexity index is 1460. The van der Waals surface area contributed by atoms with Gasteiger partial charge in [-0.2, -0.15) is 10.8 Å². The molecule has 7 nitrogen and oxygen atoms in total. The molecule has 0 fully saturated rings. The maximum Gasteiger partial charge on any atom is 0.103 e. The Balaban J connectivity index is 1.57. The van der Waals surface area contributed by atoms with Crippen molar-refractivity contribution in [2.45, 2.75) is 19.0 Å². The van der Waals surface area contributed by atoms with E-state index < -0.39 is 0 Å². The number of hydrogen-bond donors (Lipinski definition) is 5. The first-order valence-corrected chi connectivity index (χ1v) is 12.1. The predicted molar refractivity (Wildman–Crippen MR) is 145 cm³/mol. The number of pyridine rings is 1. The van der Waals surface area contributed by atoms with Crippen LogP contribution in [0, 0.1) is 11.3 Å². The molecule has 5 rings (SSSR count). The summed E-state index contributed by atoms with van der Waals surface area (Å²) in [5.41, 5.74) is 14.5. The van der Waals surface area contributed by atoms with E-state index in [0.29, 0.717) is 26.8 Å². The van der Waals surface area contributed by atoms with Crippen molar-refractivity contribution in [2.75, 3.05) is 10.6 Å². The molecule has 1 aromatic heterocycles. The fraction of sp³-hybridized carbons (Fsp3) is 0.111. The summed E-state index contributed by atoms with van der Waals surface area (Å²) < 4.78 is 0. The molecule has 4 aromatic rings. The third-order valence-electron chi connectivity index (χ3n) is 6.04. The first kappa shape index (κ1) is 23.8. The number of aromatic nitrogens is 1. The fourth-order valence-corrected chi connectivity index (χ4v) is 4.60. The van der Waals surface area contributed by atoms with Crippen molar-refractivity contribution in [3.05, 3.63) is 112 Å². The molecule has 0 radical (unpaired) electrons. The lowest BCUT2D eigenvalue weighted by atomic mass is 10.0. The summed E-state index contributed by atoms with van der Waals surface area (Å²) in [5.74, 6) is 0. The van der Waals surface area contributed by atoms with Gasteiger partial charge in [-0.05, 0) is 42.3 Å².